The van der Waals surface area contributed by atoms with E-state index in [-0.39, 0.29) is 5.56 Å². The van der Waals surface area contributed by atoms with Crippen molar-refractivity contribution in [1.82, 2.24) is 24.1 Å². The Morgan fingerprint density at radius 3 is 2.68 bits per heavy atom. The zero-order valence-corrected chi connectivity index (χ0v) is 18.8. The molecule has 0 saturated carbocycles. The third-order valence-corrected chi connectivity index (χ3v) is 7.06. The monoisotopic (exact) mass is 451 g/mol. The highest BCUT2D eigenvalue weighted by molar-refractivity contribution is 7.17. The van der Waals surface area contributed by atoms with Gasteiger partial charge in [0.15, 0.2) is 5.82 Å². The Bertz CT molecular complexity index is 1400. The van der Waals surface area contributed by atoms with Gasteiger partial charge < -0.3 is 4.74 Å². The van der Waals surface area contributed by atoms with Gasteiger partial charge in [-0.25, -0.2) is 0 Å². The lowest BCUT2D eigenvalue weighted by Crippen LogP contribution is -2.24. The van der Waals surface area contributed by atoms with Crippen LogP contribution >= 0.6 is 22.7 Å². The highest BCUT2D eigenvalue weighted by Crippen LogP contribution is 2.24. The van der Waals surface area contributed by atoms with Crippen LogP contribution in [0.25, 0.3) is 16.0 Å². The first-order valence-corrected chi connectivity index (χ1v) is 11.6. The summed E-state index contributed by atoms with van der Waals surface area (Å²) in [5.74, 6) is 2.23. The number of para-hydroxylation sites is 1. The standard InChI is InChI=1S/C22H21N5O2S2/c1-25-21(28)20-17(9-11-31-20)27-19(23-24-22(25)27)14-26(13-16-7-5-10-30-16)12-15-6-3-4-8-18(15)29-2/h3-11H,12-14H2,1-2H3. The van der Waals surface area contributed by atoms with Gasteiger partial charge in [0.25, 0.3) is 5.56 Å². The number of aromatic nitrogens is 4. The zero-order valence-electron chi connectivity index (χ0n) is 17.2. The van der Waals surface area contributed by atoms with Gasteiger partial charge in [-0.15, -0.1) is 32.9 Å². The minimum Gasteiger partial charge on any atom is -0.496 e. The maximum atomic E-state index is 12.6. The first kappa shape index (κ1) is 19.9. The summed E-state index contributed by atoms with van der Waals surface area (Å²) in [6.07, 6.45) is 0. The normalized spacial score (nSPS) is 11.7. The fourth-order valence-corrected chi connectivity index (χ4v) is 5.42. The fraction of sp³-hybridized carbons (Fsp3) is 0.227. The van der Waals surface area contributed by atoms with Crippen LogP contribution in [0.1, 0.15) is 16.3 Å². The minimum atomic E-state index is -0.0408. The van der Waals surface area contributed by atoms with E-state index >= 15 is 0 Å². The molecule has 0 N–H and O–H groups in total. The van der Waals surface area contributed by atoms with Crippen molar-refractivity contribution in [3.63, 3.8) is 0 Å². The van der Waals surface area contributed by atoms with Gasteiger partial charge in [0.05, 0.1) is 19.2 Å². The lowest BCUT2D eigenvalue weighted by molar-refractivity contribution is 0.239. The molecule has 4 heterocycles. The summed E-state index contributed by atoms with van der Waals surface area (Å²) >= 11 is 3.18. The minimum absolute atomic E-state index is 0.0408. The quantitative estimate of drug-likeness (QED) is 0.375. The number of thiophene rings is 2. The van der Waals surface area contributed by atoms with Crippen molar-refractivity contribution in [2.24, 2.45) is 7.05 Å². The van der Waals surface area contributed by atoms with Gasteiger partial charge in [0, 0.05) is 30.6 Å². The maximum absolute atomic E-state index is 12.6. The molecule has 1 aromatic carbocycles. The van der Waals surface area contributed by atoms with Crippen LogP contribution in [0.2, 0.25) is 0 Å². The molecular formula is C22H21N5O2S2. The van der Waals surface area contributed by atoms with Crippen LogP contribution in [0.15, 0.2) is 58.0 Å². The third-order valence-electron chi connectivity index (χ3n) is 5.31. The molecule has 0 bridgehead atoms. The van der Waals surface area contributed by atoms with E-state index in [4.69, 9.17) is 4.74 Å². The second kappa shape index (κ2) is 8.26. The van der Waals surface area contributed by atoms with Gasteiger partial charge in [-0.05, 0) is 29.0 Å². The molecule has 5 rings (SSSR count). The molecule has 0 unspecified atom stereocenters. The molecule has 0 aliphatic rings. The summed E-state index contributed by atoms with van der Waals surface area (Å²) in [6.45, 7) is 2.07. The van der Waals surface area contributed by atoms with Gasteiger partial charge >= 0.3 is 0 Å². The SMILES string of the molecule is COc1ccccc1CN(Cc1cccs1)Cc1nnc2n(C)c(=O)c3sccc3n12. The van der Waals surface area contributed by atoms with Crippen molar-refractivity contribution >= 4 is 38.7 Å². The molecule has 0 atom stereocenters. The second-order valence-electron chi connectivity index (χ2n) is 7.29. The number of benzene rings is 1. The first-order chi connectivity index (χ1) is 15.2. The van der Waals surface area contributed by atoms with Crippen LogP contribution < -0.4 is 10.3 Å². The Kier molecular flexibility index (Phi) is 5.31. The molecule has 0 radical (unpaired) electrons. The average molecular weight is 452 g/mol. The van der Waals surface area contributed by atoms with Crippen LogP contribution in [0.4, 0.5) is 0 Å². The number of ether oxygens (including phenoxy) is 1. The number of rotatable bonds is 7. The van der Waals surface area contributed by atoms with Crippen molar-refractivity contribution in [3.05, 3.63) is 79.8 Å². The van der Waals surface area contributed by atoms with Crippen LogP contribution in [-0.2, 0) is 26.7 Å². The van der Waals surface area contributed by atoms with E-state index in [1.165, 1.54) is 16.2 Å². The first-order valence-electron chi connectivity index (χ1n) is 9.82. The molecule has 0 saturated heterocycles. The number of nitrogens with zero attached hydrogens (tertiary/aromatic N) is 5. The summed E-state index contributed by atoms with van der Waals surface area (Å²) in [4.78, 5) is 16.2. The Balaban J connectivity index is 1.56. The van der Waals surface area contributed by atoms with Crippen LogP contribution in [0.5, 0.6) is 5.75 Å². The molecule has 7 nitrogen and oxygen atoms in total. The van der Waals surface area contributed by atoms with E-state index in [0.717, 1.165) is 29.2 Å². The molecule has 0 amide bonds. The lowest BCUT2D eigenvalue weighted by Gasteiger charge is -2.22. The molecule has 5 aromatic rings. The molecule has 9 heteroatoms. The van der Waals surface area contributed by atoms with Gasteiger partial charge in [-0.2, -0.15) is 0 Å². The summed E-state index contributed by atoms with van der Waals surface area (Å²) in [5.41, 5.74) is 1.93. The van der Waals surface area contributed by atoms with Crippen LogP contribution in [0.3, 0.4) is 0 Å². The second-order valence-corrected chi connectivity index (χ2v) is 9.24. The summed E-state index contributed by atoms with van der Waals surface area (Å²) in [6, 6.07) is 14.2. The van der Waals surface area contributed by atoms with Gasteiger partial charge in [-0.3, -0.25) is 18.7 Å². The molecule has 158 valence electrons. The van der Waals surface area contributed by atoms with E-state index in [2.05, 4.69) is 38.7 Å². The number of hydrogen-bond acceptors (Lipinski definition) is 7. The van der Waals surface area contributed by atoms with E-state index in [1.807, 2.05) is 34.0 Å². The van der Waals surface area contributed by atoms with Gasteiger partial charge in [-0.1, -0.05) is 24.3 Å². The summed E-state index contributed by atoms with van der Waals surface area (Å²) in [5, 5.41) is 12.8. The molecule has 0 aliphatic heterocycles. The predicted octanol–water partition coefficient (Wildman–Crippen LogP) is 3.92. The van der Waals surface area contributed by atoms with Crippen LogP contribution in [0, 0.1) is 0 Å². The van der Waals surface area contributed by atoms with E-state index in [1.54, 1.807) is 30.1 Å². The van der Waals surface area contributed by atoms with Crippen molar-refractivity contribution in [2.45, 2.75) is 19.6 Å². The topological polar surface area (TPSA) is 64.7 Å². The van der Waals surface area contributed by atoms with E-state index < -0.39 is 0 Å². The third kappa shape index (κ3) is 3.65. The Labute approximate surface area is 186 Å². The van der Waals surface area contributed by atoms with E-state index in [0.29, 0.717) is 23.6 Å². The molecule has 4 aromatic heterocycles. The molecule has 0 fully saturated rings. The van der Waals surface area contributed by atoms with Crippen molar-refractivity contribution < 1.29 is 4.74 Å². The molecule has 0 aliphatic carbocycles. The van der Waals surface area contributed by atoms with Gasteiger partial charge in [0.2, 0.25) is 5.78 Å². The highest BCUT2D eigenvalue weighted by Gasteiger charge is 2.19. The highest BCUT2D eigenvalue weighted by atomic mass is 32.1. The number of methoxy groups -OCH3 is 1. The van der Waals surface area contributed by atoms with Crippen molar-refractivity contribution in [1.29, 1.82) is 0 Å². The Morgan fingerprint density at radius 1 is 1.00 bits per heavy atom. The molecule has 0 spiro atoms. The average Bonchev–Trinajstić information content (AvgIpc) is 3.53. The smallest absolute Gasteiger partial charge is 0.272 e. The van der Waals surface area contributed by atoms with Crippen LogP contribution in [-0.4, -0.2) is 31.2 Å². The predicted molar refractivity (Wildman–Crippen MR) is 124 cm³/mol. The largest absolute Gasteiger partial charge is 0.496 e. The molecule has 31 heavy (non-hydrogen) atoms. The van der Waals surface area contributed by atoms with Crippen molar-refractivity contribution in [3.8, 4) is 5.75 Å². The Hall–Kier alpha value is -3.01. The summed E-state index contributed by atoms with van der Waals surface area (Å²) < 4.78 is 9.85. The lowest BCUT2D eigenvalue weighted by atomic mass is 10.2. The maximum Gasteiger partial charge on any atom is 0.272 e. The molecular weight excluding hydrogens is 430 g/mol. The van der Waals surface area contributed by atoms with Gasteiger partial charge in [0.1, 0.15) is 10.4 Å². The number of fused-ring (bicyclic) bond motifs is 3. The summed E-state index contributed by atoms with van der Waals surface area (Å²) in [7, 11) is 3.44. The zero-order chi connectivity index (χ0) is 21.4. The van der Waals surface area contributed by atoms with E-state index in [9.17, 15) is 4.79 Å². The Morgan fingerprint density at radius 2 is 1.87 bits per heavy atom. The number of aryl methyl sites for hydroxylation is 1. The fourth-order valence-electron chi connectivity index (χ4n) is 3.82. The number of hydrogen-bond donors (Lipinski definition) is 0. The van der Waals surface area contributed by atoms with Crippen molar-refractivity contribution in [2.75, 3.05) is 7.11 Å².